The molecule has 1 aliphatic carbocycles. The third-order valence-electron chi connectivity index (χ3n) is 9.46. The van der Waals surface area contributed by atoms with Gasteiger partial charge >= 0.3 is 0 Å². The zero-order valence-corrected chi connectivity index (χ0v) is 36.9. The number of aryl methyl sites for hydroxylation is 2. The highest BCUT2D eigenvalue weighted by atomic mass is 35.5. The van der Waals surface area contributed by atoms with Gasteiger partial charge in [-0.25, -0.2) is 9.29 Å². The van der Waals surface area contributed by atoms with E-state index in [2.05, 4.69) is 44.5 Å². The zero-order valence-electron chi connectivity index (χ0n) is 35.4. The molecule has 60 heavy (non-hydrogen) atoms. The molecule has 0 fully saturated rings. The highest BCUT2D eigenvalue weighted by molar-refractivity contribution is 6.33. The van der Waals surface area contributed by atoms with Gasteiger partial charge in [0, 0.05) is 36.4 Å². The molecule has 322 valence electrons. The summed E-state index contributed by atoms with van der Waals surface area (Å²) in [5, 5.41) is 6.31. The molecular formula is C43H53Cl2FN8O6. The Kier molecular flexibility index (Phi) is 16.8. The van der Waals surface area contributed by atoms with Gasteiger partial charge in [-0.05, 0) is 102 Å². The summed E-state index contributed by atoms with van der Waals surface area (Å²) in [4.78, 5) is 65.6. The molecule has 3 aromatic rings. The smallest absolute Gasteiger partial charge is 0.265 e. The normalized spacial score (nSPS) is 15.1. The van der Waals surface area contributed by atoms with Gasteiger partial charge < -0.3 is 25.0 Å². The highest BCUT2D eigenvalue weighted by Gasteiger charge is 2.42. The molecule has 0 spiro atoms. The molecule has 0 saturated carbocycles. The number of rotatable bonds is 11. The first kappa shape index (κ1) is 47.4. The van der Waals surface area contributed by atoms with Gasteiger partial charge in [0.2, 0.25) is 23.1 Å². The van der Waals surface area contributed by atoms with Crippen LogP contribution in [0.2, 0.25) is 5.28 Å². The monoisotopic (exact) mass is 866 g/mol. The second kappa shape index (κ2) is 21.3. The van der Waals surface area contributed by atoms with Gasteiger partial charge in [0.15, 0.2) is 12.4 Å². The maximum absolute atomic E-state index is 14.7. The standard InChI is InChI=1S/C19H15FN2O4.C15H22ClNO2.C9H16ClN5/c1-2-7-21-15-9-14(13(20)8-16(15)26-10-17(21)23)22-18(24)11-5-3-4-6-12(11)19(22)25;1-5-13-8-6-7-11(2)15(13)17(14(18)9-16)12(3)10-19-4;1-5-11-7-12-6(10)13-8(14-7)15-9(2,3)4/h1,8-9H,3-7,10H2;6-8,12H,5,9-10H2,1-4H3;5H2,1-4H3,(H2,11,12,13,14,15). The van der Waals surface area contributed by atoms with E-state index < -0.39 is 17.6 Å². The average Bonchev–Trinajstić information content (AvgIpc) is 3.44. The topological polar surface area (TPSA) is 159 Å². The van der Waals surface area contributed by atoms with Gasteiger partial charge in [0.05, 0.1) is 36.3 Å². The van der Waals surface area contributed by atoms with Gasteiger partial charge in [-0.1, -0.05) is 31.0 Å². The molecule has 1 aromatic heterocycles. The Morgan fingerprint density at radius 2 is 1.72 bits per heavy atom. The second-order valence-corrected chi connectivity index (χ2v) is 15.8. The molecule has 1 atom stereocenters. The van der Waals surface area contributed by atoms with Crippen molar-refractivity contribution in [3.05, 3.63) is 63.7 Å². The van der Waals surface area contributed by atoms with Crippen LogP contribution in [-0.4, -0.2) is 89.5 Å². The number of anilines is 5. The van der Waals surface area contributed by atoms with E-state index in [1.165, 1.54) is 11.0 Å². The fourth-order valence-corrected chi connectivity index (χ4v) is 7.19. The first-order chi connectivity index (χ1) is 28.5. The zero-order chi connectivity index (χ0) is 44.3. The SMILES string of the molecule is C#CCN1C(=O)COc2cc(F)c(N3C(=O)C4=C(CCCC4)C3=O)cc21.CCNc1nc(Cl)nc(NC(C)(C)C)n1.CCc1cccc(C)c1N(C(=O)CCl)C(C)COC. The van der Waals surface area contributed by atoms with Crippen molar-refractivity contribution in [1.82, 2.24) is 15.0 Å². The molecule has 6 rings (SSSR count). The van der Waals surface area contributed by atoms with Crippen molar-refractivity contribution >= 4 is 75.8 Å². The van der Waals surface area contributed by atoms with Crippen molar-refractivity contribution in [1.29, 1.82) is 0 Å². The quantitative estimate of drug-likeness (QED) is 0.114. The third-order valence-corrected chi connectivity index (χ3v) is 9.85. The van der Waals surface area contributed by atoms with Crippen molar-refractivity contribution in [2.75, 3.05) is 64.6 Å². The number of carbonyl (C=O) groups is 4. The summed E-state index contributed by atoms with van der Waals surface area (Å²) in [5.41, 5.74) is 4.10. The number of fused-ring (bicyclic) bond motifs is 1. The van der Waals surface area contributed by atoms with Crippen molar-refractivity contribution in [2.24, 2.45) is 0 Å². The molecule has 2 aliphatic heterocycles. The second-order valence-electron chi connectivity index (χ2n) is 15.1. The summed E-state index contributed by atoms with van der Waals surface area (Å²) in [6.07, 6.45) is 8.89. The Morgan fingerprint density at radius 3 is 2.28 bits per heavy atom. The molecule has 14 nitrogen and oxygen atoms in total. The van der Waals surface area contributed by atoms with E-state index in [1.54, 1.807) is 12.0 Å². The third kappa shape index (κ3) is 11.5. The summed E-state index contributed by atoms with van der Waals surface area (Å²) in [7, 11) is 1.64. The van der Waals surface area contributed by atoms with Gasteiger partial charge in [-0.2, -0.15) is 15.0 Å². The molecule has 3 aliphatic rings. The molecule has 2 N–H and O–H groups in total. The predicted molar refractivity (Wildman–Crippen MR) is 234 cm³/mol. The van der Waals surface area contributed by atoms with Crippen LogP contribution in [0, 0.1) is 25.1 Å². The summed E-state index contributed by atoms with van der Waals surface area (Å²) in [6, 6.07) is 8.41. The molecule has 0 saturated heterocycles. The summed E-state index contributed by atoms with van der Waals surface area (Å²) in [6.45, 7) is 15.1. The van der Waals surface area contributed by atoms with Gasteiger partial charge in [-0.15, -0.1) is 18.0 Å². The lowest BCUT2D eigenvalue weighted by molar-refractivity contribution is -0.121. The number of hydrogen-bond donors (Lipinski definition) is 2. The Morgan fingerprint density at radius 1 is 1.07 bits per heavy atom. The van der Waals surface area contributed by atoms with Gasteiger partial charge in [0.1, 0.15) is 11.6 Å². The molecule has 1 unspecified atom stereocenters. The lowest BCUT2D eigenvalue weighted by Crippen LogP contribution is -2.43. The van der Waals surface area contributed by atoms with Crippen LogP contribution < -0.4 is 30.1 Å². The van der Waals surface area contributed by atoms with Crippen molar-refractivity contribution in [3.63, 3.8) is 0 Å². The lowest BCUT2D eigenvalue weighted by Gasteiger charge is -2.31. The molecule has 0 radical (unpaired) electrons. The number of methoxy groups -OCH3 is 1. The minimum atomic E-state index is -0.764. The number of halogens is 3. The number of carbonyl (C=O) groups excluding carboxylic acids is 4. The Labute approximate surface area is 361 Å². The largest absolute Gasteiger partial charge is 0.481 e. The van der Waals surface area contributed by atoms with Crippen LogP contribution in [0.1, 0.15) is 78.4 Å². The molecule has 2 aromatic carbocycles. The fourth-order valence-electron chi connectivity index (χ4n) is 6.90. The number of ether oxygens (including phenoxy) is 2. The number of amides is 4. The minimum absolute atomic E-state index is 0.0170. The number of aromatic nitrogens is 3. The first-order valence-corrected chi connectivity index (χ1v) is 20.6. The van der Waals surface area contributed by atoms with Crippen molar-refractivity contribution in [3.8, 4) is 18.1 Å². The van der Waals surface area contributed by atoms with Crippen LogP contribution >= 0.6 is 23.2 Å². The van der Waals surface area contributed by atoms with Crippen LogP contribution in [0.5, 0.6) is 5.75 Å². The highest BCUT2D eigenvalue weighted by Crippen LogP contribution is 2.42. The molecular weight excluding hydrogens is 814 g/mol. The van der Waals surface area contributed by atoms with E-state index in [-0.39, 0.29) is 64.8 Å². The van der Waals surface area contributed by atoms with Crippen LogP contribution in [0.15, 0.2) is 41.5 Å². The minimum Gasteiger partial charge on any atom is -0.481 e. The number of para-hydroxylation sites is 1. The summed E-state index contributed by atoms with van der Waals surface area (Å²) in [5.74, 6) is 1.27. The van der Waals surface area contributed by atoms with E-state index in [4.69, 9.17) is 39.1 Å². The van der Waals surface area contributed by atoms with Gasteiger partial charge in [-0.3, -0.25) is 24.1 Å². The molecule has 0 bridgehead atoms. The van der Waals surface area contributed by atoms with Crippen molar-refractivity contribution < 1.29 is 33.0 Å². The Balaban J connectivity index is 0.000000208. The molecule has 3 heterocycles. The van der Waals surface area contributed by atoms with Crippen LogP contribution in [-0.2, 0) is 30.3 Å². The van der Waals surface area contributed by atoms with E-state index in [0.717, 1.165) is 53.6 Å². The number of nitrogens with zero attached hydrogens (tertiary/aromatic N) is 6. The Bertz CT molecular complexity index is 2130. The maximum atomic E-state index is 14.7. The number of terminal acetylenes is 1. The lowest BCUT2D eigenvalue weighted by atomic mass is 9.93. The maximum Gasteiger partial charge on any atom is 0.265 e. The van der Waals surface area contributed by atoms with E-state index >= 15 is 0 Å². The Hall–Kier alpha value is -5.30. The number of imide groups is 1. The number of benzene rings is 2. The average molecular weight is 868 g/mol. The van der Waals surface area contributed by atoms with Crippen LogP contribution in [0.3, 0.4) is 0 Å². The first-order valence-electron chi connectivity index (χ1n) is 19.7. The van der Waals surface area contributed by atoms with E-state index in [0.29, 0.717) is 42.5 Å². The molecule has 4 amide bonds. The number of hydrogen-bond acceptors (Lipinski definition) is 11. The fraction of sp³-hybridized carbons (Fsp3) is 0.465. The van der Waals surface area contributed by atoms with Crippen molar-refractivity contribution in [2.45, 2.75) is 92.2 Å². The van der Waals surface area contributed by atoms with Crippen LogP contribution in [0.25, 0.3) is 0 Å². The van der Waals surface area contributed by atoms with E-state index in [1.807, 2.05) is 53.7 Å². The van der Waals surface area contributed by atoms with Gasteiger partial charge in [0.25, 0.3) is 17.7 Å². The predicted octanol–water partition coefficient (Wildman–Crippen LogP) is 7.26. The van der Waals surface area contributed by atoms with E-state index in [9.17, 15) is 23.6 Å². The summed E-state index contributed by atoms with van der Waals surface area (Å²) < 4.78 is 25.1. The molecule has 17 heteroatoms. The number of nitrogens with one attached hydrogen (secondary N) is 2. The summed E-state index contributed by atoms with van der Waals surface area (Å²) >= 11 is 11.5. The van der Waals surface area contributed by atoms with Crippen LogP contribution in [0.4, 0.5) is 33.3 Å². The number of alkyl halides is 1.